The highest BCUT2D eigenvalue weighted by Gasteiger charge is 2.30. The number of aryl methyl sites for hydroxylation is 2. The summed E-state index contributed by atoms with van der Waals surface area (Å²) in [5.41, 5.74) is 2.06. The van der Waals surface area contributed by atoms with Crippen molar-refractivity contribution in [2.24, 2.45) is 4.99 Å². The van der Waals surface area contributed by atoms with Crippen LogP contribution in [0.4, 0.5) is 5.69 Å². The molecule has 0 spiro atoms. The monoisotopic (exact) mass is 513 g/mol. The van der Waals surface area contributed by atoms with E-state index in [-0.39, 0.29) is 35.9 Å². The summed E-state index contributed by atoms with van der Waals surface area (Å²) in [6, 6.07) is 9.88. The Balaban J connectivity index is 0.00000280. The van der Waals surface area contributed by atoms with Gasteiger partial charge in [-0.15, -0.1) is 35.3 Å². The summed E-state index contributed by atoms with van der Waals surface area (Å²) in [4.78, 5) is 22.9. The molecular formula is C20H28IN5OS. The van der Waals surface area contributed by atoms with Crippen LogP contribution in [0.5, 0.6) is 0 Å². The Hall–Kier alpha value is -1.68. The van der Waals surface area contributed by atoms with E-state index >= 15 is 0 Å². The van der Waals surface area contributed by atoms with E-state index in [1.165, 1.54) is 5.01 Å². The molecule has 0 aliphatic carbocycles. The van der Waals surface area contributed by atoms with Gasteiger partial charge in [0, 0.05) is 43.3 Å². The molecule has 1 amide bonds. The molecule has 2 heterocycles. The average molecular weight is 513 g/mol. The number of nitrogens with zero attached hydrogens (tertiary/aromatic N) is 3. The summed E-state index contributed by atoms with van der Waals surface area (Å²) >= 11 is 1.73. The molecule has 1 aliphatic rings. The van der Waals surface area contributed by atoms with Gasteiger partial charge in [0.15, 0.2) is 5.96 Å². The van der Waals surface area contributed by atoms with Crippen LogP contribution in [0.2, 0.25) is 0 Å². The van der Waals surface area contributed by atoms with E-state index in [1.54, 1.807) is 18.4 Å². The van der Waals surface area contributed by atoms with Gasteiger partial charge < -0.3 is 15.5 Å². The Morgan fingerprint density at radius 2 is 2.11 bits per heavy atom. The summed E-state index contributed by atoms with van der Waals surface area (Å²) < 4.78 is 0. The number of hydrogen-bond donors (Lipinski definition) is 2. The molecule has 28 heavy (non-hydrogen) atoms. The molecule has 3 rings (SSSR count). The minimum atomic E-state index is 0. The fourth-order valence-electron chi connectivity index (χ4n) is 3.18. The van der Waals surface area contributed by atoms with Gasteiger partial charge in [-0.1, -0.05) is 18.2 Å². The zero-order valence-electron chi connectivity index (χ0n) is 16.4. The fraction of sp³-hybridized carbons (Fsp3) is 0.450. The van der Waals surface area contributed by atoms with Crippen molar-refractivity contribution < 1.29 is 4.79 Å². The average Bonchev–Trinajstić information content (AvgIpc) is 3.26. The maximum absolute atomic E-state index is 12.3. The van der Waals surface area contributed by atoms with E-state index in [9.17, 15) is 4.79 Å². The molecular weight excluding hydrogens is 485 g/mol. The predicted octanol–water partition coefficient (Wildman–Crippen LogP) is 3.36. The highest BCUT2D eigenvalue weighted by molar-refractivity contribution is 14.0. The standard InChI is InChI=1S/C20H27N5OS.HI/c1-15-14-27-18(23-15)10-6-7-11-22-20(21-2)24-16-12-19(26)25(13-16)17-8-4-3-5-9-17;/h3-5,8-9,14,16H,6-7,10-13H2,1-2H3,(H2,21,22,24);1H. The van der Waals surface area contributed by atoms with Crippen molar-refractivity contribution in [1.29, 1.82) is 0 Å². The molecule has 0 radical (unpaired) electrons. The van der Waals surface area contributed by atoms with E-state index in [2.05, 4.69) is 26.0 Å². The Labute approximate surface area is 187 Å². The summed E-state index contributed by atoms with van der Waals surface area (Å²) in [6.07, 6.45) is 3.66. The van der Waals surface area contributed by atoms with Crippen LogP contribution in [-0.2, 0) is 11.2 Å². The van der Waals surface area contributed by atoms with Gasteiger partial charge in [-0.25, -0.2) is 4.98 Å². The van der Waals surface area contributed by atoms with Gasteiger partial charge in [0.1, 0.15) is 0 Å². The second-order valence-electron chi connectivity index (χ2n) is 6.72. The third-order valence-corrected chi connectivity index (χ3v) is 5.56. The zero-order chi connectivity index (χ0) is 19.1. The molecule has 1 aromatic heterocycles. The minimum Gasteiger partial charge on any atom is -0.356 e. The number of carbonyl (C=O) groups is 1. The lowest BCUT2D eigenvalue weighted by molar-refractivity contribution is -0.117. The number of hydrogen-bond acceptors (Lipinski definition) is 4. The van der Waals surface area contributed by atoms with Gasteiger partial charge in [0.25, 0.3) is 0 Å². The van der Waals surface area contributed by atoms with Crippen molar-refractivity contribution in [1.82, 2.24) is 15.6 Å². The van der Waals surface area contributed by atoms with Crippen LogP contribution >= 0.6 is 35.3 Å². The summed E-state index contributed by atoms with van der Waals surface area (Å²) in [5.74, 6) is 0.903. The lowest BCUT2D eigenvalue weighted by Gasteiger charge is -2.19. The Morgan fingerprint density at radius 3 is 2.79 bits per heavy atom. The number of carbonyl (C=O) groups excluding carboxylic acids is 1. The van der Waals surface area contributed by atoms with Crippen LogP contribution in [0, 0.1) is 6.92 Å². The van der Waals surface area contributed by atoms with Crippen molar-refractivity contribution in [3.8, 4) is 0 Å². The number of para-hydroxylation sites is 1. The third kappa shape index (κ3) is 6.44. The normalized spacial score (nSPS) is 16.8. The minimum absolute atomic E-state index is 0. The van der Waals surface area contributed by atoms with Crippen molar-refractivity contribution in [2.45, 2.75) is 38.6 Å². The maximum Gasteiger partial charge on any atom is 0.229 e. The molecule has 1 fully saturated rings. The van der Waals surface area contributed by atoms with Crippen molar-refractivity contribution in [2.75, 3.05) is 25.0 Å². The maximum atomic E-state index is 12.3. The second-order valence-corrected chi connectivity index (χ2v) is 7.67. The van der Waals surface area contributed by atoms with Gasteiger partial charge in [0.2, 0.25) is 5.91 Å². The van der Waals surface area contributed by atoms with E-state index in [0.29, 0.717) is 13.0 Å². The van der Waals surface area contributed by atoms with Crippen LogP contribution in [0.15, 0.2) is 40.7 Å². The zero-order valence-corrected chi connectivity index (χ0v) is 19.5. The Morgan fingerprint density at radius 1 is 1.32 bits per heavy atom. The molecule has 1 atom stereocenters. The molecule has 0 bridgehead atoms. The van der Waals surface area contributed by atoms with Crippen LogP contribution in [0.1, 0.15) is 30.0 Å². The van der Waals surface area contributed by atoms with Crippen LogP contribution < -0.4 is 15.5 Å². The Bertz CT molecular complexity index is 780. The predicted molar refractivity (Wildman–Crippen MR) is 127 cm³/mol. The number of aliphatic imine (C=N–C) groups is 1. The van der Waals surface area contributed by atoms with Crippen LogP contribution in [-0.4, -0.2) is 43.0 Å². The highest BCUT2D eigenvalue weighted by Crippen LogP contribution is 2.20. The van der Waals surface area contributed by atoms with Crippen molar-refractivity contribution in [3.05, 3.63) is 46.4 Å². The lowest BCUT2D eigenvalue weighted by atomic mass is 10.2. The summed E-state index contributed by atoms with van der Waals surface area (Å²) in [6.45, 7) is 3.55. The van der Waals surface area contributed by atoms with Crippen molar-refractivity contribution in [3.63, 3.8) is 0 Å². The molecule has 2 N–H and O–H groups in total. The SMILES string of the molecule is CN=C(NCCCCc1nc(C)cs1)NC1CC(=O)N(c2ccccc2)C1.I. The first kappa shape index (κ1) is 22.6. The van der Waals surface area contributed by atoms with Crippen LogP contribution in [0.3, 0.4) is 0 Å². The number of rotatable bonds is 7. The van der Waals surface area contributed by atoms with Crippen LogP contribution in [0.25, 0.3) is 0 Å². The number of aromatic nitrogens is 1. The van der Waals surface area contributed by atoms with Gasteiger partial charge in [-0.2, -0.15) is 0 Å². The summed E-state index contributed by atoms with van der Waals surface area (Å²) in [7, 11) is 1.76. The number of nitrogens with one attached hydrogen (secondary N) is 2. The number of unbranched alkanes of at least 4 members (excludes halogenated alkanes) is 1. The van der Waals surface area contributed by atoms with Gasteiger partial charge in [-0.05, 0) is 38.3 Å². The lowest BCUT2D eigenvalue weighted by Crippen LogP contribution is -2.44. The third-order valence-electron chi connectivity index (χ3n) is 4.53. The van der Waals surface area contributed by atoms with E-state index < -0.39 is 0 Å². The molecule has 1 unspecified atom stereocenters. The molecule has 1 saturated heterocycles. The number of benzene rings is 1. The number of thiazole rings is 1. The van der Waals surface area contributed by atoms with E-state index in [0.717, 1.165) is 43.1 Å². The quantitative estimate of drug-likeness (QED) is 0.258. The first-order chi connectivity index (χ1) is 13.2. The van der Waals surface area contributed by atoms with E-state index in [1.807, 2.05) is 42.2 Å². The topological polar surface area (TPSA) is 69.6 Å². The van der Waals surface area contributed by atoms with Gasteiger partial charge >= 0.3 is 0 Å². The first-order valence-corrected chi connectivity index (χ1v) is 10.3. The molecule has 152 valence electrons. The van der Waals surface area contributed by atoms with Gasteiger partial charge in [0.05, 0.1) is 11.0 Å². The molecule has 1 aliphatic heterocycles. The fourth-order valence-corrected chi connectivity index (χ4v) is 3.99. The Kier molecular flexibility index (Phi) is 9.17. The smallest absolute Gasteiger partial charge is 0.229 e. The second kappa shape index (κ2) is 11.4. The van der Waals surface area contributed by atoms with Gasteiger partial charge in [-0.3, -0.25) is 9.79 Å². The number of halogens is 1. The largest absolute Gasteiger partial charge is 0.356 e. The number of guanidine groups is 1. The summed E-state index contributed by atoms with van der Waals surface area (Å²) in [5, 5.41) is 10.0. The van der Waals surface area contributed by atoms with Crippen molar-refractivity contribution >= 4 is 52.9 Å². The molecule has 6 nitrogen and oxygen atoms in total. The number of amides is 1. The van der Waals surface area contributed by atoms with E-state index in [4.69, 9.17) is 0 Å². The molecule has 1 aromatic carbocycles. The number of anilines is 1. The first-order valence-electron chi connectivity index (χ1n) is 9.39. The molecule has 0 saturated carbocycles. The molecule has 8 heteroatoms. The molecule has 2 aromatic rings. The highest BCUT2D eigenvalue weighted by atomic mass is 127.